The van der Waals surface area contributed by atoms with Crippen LogP contribution in [0.3, 0.4) is 0 Å². The van der Waals surface area contributed by atoms with Gasteiger partial charge in [0.05, 0.1) is 12.3 Å². The first-order valence-corrected chi connectivity index (χ1v) is 8.95. The fourth-order valence-electron chi connectivity index (χ4n) is 2.12. The van der Waals surface area contributed by atoms with E-state index in [2.05, 4.69) is 5.32 Å². The zero-order chi connectivity index (χ0) is 19.1. The molecule has 2 N–H and O–H groups in total. The summed E-state index contributed by atoms with van der Waals surface area (Å²) in [4.78, 5) is 24.3. The van der Waals surface area contributed by atoms with Crippen LogP contribution in [0.4, 0.5) is 4.39 Å². The van der Waals surface area contributed by atoms with E-state index in [1.54, 1.807) is 0 Å². The van der Waals surface area contributed by atoms with E-state index in [1.165, 1.54) is 36.0 Å². The zero-order valence-electron chi connectivity index (χ0n) is 14.5. The minimum absolute atomic E-state index is 0.174. The zero-order valence-corrected chi connectivity index (χ0v) is 15.3. The van der Waals surface area contributed by atoms with Crippen LogP contribution in [0.1, 0.15) is 11.1 Å². The minimum Gasteiger partial charge on any atom is -0.478 e. The van der Waals surface area contributed by atoms with Crippen molar-refractivity contribution >= 4 is 23.6 Å². The Morgan fingerprint density at radius 1 is 1.19 bits per heavy atom. The molecule has 0 aliphatic rings. The van der Waals surface area contributed by atoms with Crippen LogP contribution in [0.5, 0.6) is 5.75 Å². The number of carbonyl (C=O) groups is 2. The van der Waals surface area contributed by atoms with Crippen molar-refractivity contribution < 1.29 is 23.8 Å². The largest absolute Gasteiger partial charge is 0.478 e. The number of benzene rings is 2. The van der Waals surface area contributed by atoms with Crippen LogP contribution in [0, 0.1) is 19.7 Å². The van der Waals surface area contributed by atoms with Gasteiger partial charge in [-0.15, -0.1) is 11.8 Å². The van der Waals surface area contributed by atoms with Crippen LogP contribution in [-0.4, -0.2) is 35.4 Å². The molecule has 0 aliphatic carbocycles. The number of halogens is 1. The Morgan fingerprint density at radius 3 is 2.54 bits per heavy atom. The molecule has 26 heavy (non-hydrogen) atoms. The van der Waals surface area contributed by atoms with E-state index < -0.39 is 17.9 Å². The second kappa shape index (κ2) is 9.24. The Morgan fingerprint density at radius 2 is 1.88 bits per heavy atom. The predicted octanol–water partition coefficient (Wildman–Crippen LogP) is 3.18. The van der Waals surface area contributed by atoms with Crippen LogP contribution in [-0.2, 0) is 9.59 Å². The van der Waals surface area contributed by atoms with Crippen molar-refractivity contribution in [1.29, 1.82) is 0 Å². The Kier molecular flexibility index (Phi) is 7.03. The molecule has 2 aromatic carbocycles. The molecular formula is C19H20FNO4S. The first-order valence-electron chi connectivity index (χ1n) is 7.97. The highest BCUT2D eigenvalue weighted by atomic mass is 32.2. The van der Waals surface area contributed by atoms with Crippen molar-refractivity contribution in [2.45, 2.75) is 24.8 Å². The van der Waals surface area contributed by atoms with E-state index in [9.17, 15) is 19.1 Å². The maximum Gasteiger partial charge on any atom is 0.346 e. The van der Waals surface area contributed by atoms with Crippen molar-refractivity contribution in [3.63, 3.8) is 0 Å². The van der Waals surface area contributed by atoms with Crippen molar-refractivity contribution in [1.82, 2.24) is 5.32 Å². The van der Waals surface area contributed by atoms with Gasteiger partial charge in [-0.25, -0.2) is 9.18 Å². The first kappa shape index (κ1) is 19.8. The smallest absolute Gasteiger partial charge is 0.346 e. The normalized spacial score (nSPS) is 11.7. The Bertz CT molecular complexity index is 780. The average Bonchev–Trinajstić information content (AvgIpc) is 2.60. The van der Waals surface area contributed by atoms with Gasteiger partial charge in [0.2, 0.25) is 12.0 Å². The number of aliphatic carboxylic acids is 1. The van der Waals surface area contributed by atoms with Gasteiger partial charge in [-0.3, -0.25) is 4.79 Å². The third-order valence-corrected chi connectivity index (χ3v) is 4.71. The highest BCUT2D eigenvalue weighted by Gasteiger charge is 2.20. The number of aryl methyl sites for hydroxylation is 2. The summed E-state index contributed by atoms with van der Waals surface area (Å²) in [5.74, 6) is -1.55. The predicted molar refractivity (Wildman–Crippen MR) is 98.1 cm³/mol. The number of ether oxygens (including phenoxy) is 1. The maximum absolute atomic E-state index is 12.9. The lowest BCUT2D eigenvalue weighted by molar-refractivity contribution is -0.145. The molecule has 5 nitrogen and oxygen atoms in total. The van der Waals surface area contributed by atoms with Crippen LogP contribution in [0.2, 0.25) is 0 Å². The maximum atomic E-state index is 12.9. The van der Waals surface area contributed by atoms with Gasteiger partial charge in [0.25, 0.3) is 0 Å². The van der Waals surface area contributed by atoms with Gasteiger partial charge in [0.15, 0.2) is 0 Å². The fraction of sp³-hybridized carbons (Fsp3) is 0.263. The second-order valence-electron chi connectivity index (χ2n) is 5.76. The summed E-state index contributed by atoms with van der Waals surface area (Å²) in [6.45, 7) is 3.77. The molecule has 0 heterocycles. The van der Waals surface area contributed by atoms with Gasteiger partial charge in [0, 0.05) is 4.90 Å². The summed E-state index contributed by atoms with van der Waals surface area (Å²) >= 11 is 1.39. The Hall–Kier alpha value is -2.54. The van der Waals surface area contributed by atoms with Gasteiger partial charge in [-0.1, -0.05) is 17.7 Å². The van der Waals surface area contributed by atoms with E-state index >= 15 is 0 Å². The molecule has 138 valence electrons. The summed E-state index contributed by atoms with van der Waals surface area (Å²) in [6, 6.07) is 11.0. The van der Waals surface area contributed by atoms with Crippen LogP contribution < -0.4 is 10.1 Å². The number of hydrogen-bond donors (Lipinski definition) is 2. The number of rotatable bonds is 8. The molecule has 2 rings (SSSR count). The molecule has 0 bridgehead atoms. The lowest BCUT2D eigenvalue weighted by atomic mass is 10.2. The molecule has 7 heteroatoms. The van der Waals surface area contributed by atoms with Crippen molar-refractivity contribution in [3.05, 3.63) is 59.4 Å². The monoisotopic (exact) mass is 377 g/mol. The minimum atomic E-state index is -1.25. The van der Waals surface area contributed by atoms with Gasteiger partial charge in [-0.2, -0.15) is 0 Å². The number of hydrogen-bond acceptors (Lipinski definition) is 4. The molecule has 1 amide bonds. The lowest BCUT2D eigenvalue weighted by Crippen LogP contribution is -2.41. The highest BCUT2D eigenvalue weighted by molar-refractivity contribution is 8.00. The number of thioether (sulfide) groups is 1. The molecule has 2 aromatic rings. The summed E-state index contributed by atoms with van der Waals surface area (Å²) in [5, 5.41) is 11.8. The van der Waals surface area contributed by atoms with Gasteiger partial charge in [0.1, 0.15) is 11.6 Å². The summed E-state index contributed by atoms with van der Waals surface area (Å²) < 4.78 is 18.2. The lowest BCUT2D eigenvalue weighted by Gasteiger charge is -2.16. The Balaban J connectivity index is 1.85. The Labute approximate surface area is 155 Å². The fourth-order valence-corrected chi connectivity index (χ4v) is 3.07. The standard InChI is InChI=1S/C19H20FNO4S/c1-12-3-4-13(2)17(9-12)26-11-18(22)21-10-16(19(23)24)25-15-7-5-14(20)6-8-15/h3-9,16H,10-11H2,1-2H3,(H,21,22)(H,23,24). The molecule has 0 spiro atoms. The van der Waals surface area contributed by atoms with Crippen LogP contribution >= 0.6 is 11.8 Å². The third kappa shape index (κ3) is 6.07. The van der Waals surface area contributed by atoms with E-state index in [0.29, 0.717) is 0 Å². The molecule has 0 saturated carbocycles. The first-order chi connectivity index (χ1) is 12.3. The van der Waals surface area contributed by atoms with E-state index in [-0.39, 0.29) is 24.0 Å². The van der Waals surface area contributed by atoms with Gasteiger partial charge in [-0.05, 0) is 49.7 Å². The van der Waals surface area contributed by atoms with Crippen molar-refractivity contribution in [2.24, 2.45) is 0 Å². The van der Waals surface area contributed by atoms with Crippen LogP contribution in [0.15, 0.2) is 47.4 Å². The SMILES string of the molecule is Cc1ccc(C)c(SCC(=O)NCC(Oc2ccc(F)cc2)C(=O)O)c1. The van der Waals surface area contributed by atoms with E-state index in [1.807, 2.05) is 32.0 Å². The molecule has 0 radical (unpaired) electrons. The van der Waals surface area contributed by atoms with Crippen molar-refractivity contribution in [3.8, 4) is 5.75 Å². The molecule has 0 fully saturated rings. The average molecular weight is 377 g/mol. The van der Waals surface area contributed by atoms with E-state index in [4.69, 9.17) is 4.74 Å². The summed E-state index contributed by atoms with van der Waals surface area (Å²) in [5.41, 5.74) is 2.19. The van der Waals surface area contributed by atoms with Crippen LogP contribution in [0.25, 0.3) is 0 Å². The summed E-state index contributed by atoms with van der Waals surface area (Å²) in [6.07, 6.45) is -1.25. The number of amides is 1. The number of nitrogens with one attached hydrogen (secondary N) is 1. The topological polar surface area (TPSA) is 75.6 Å². The molecule has 0 aliphatic heterocycles. The van der Waals surface area contributed by atoms with Gasteiger partial charge < -0.3 is 15.2 Å². The third-order valence-electron chi connectivity index (χ3n) is 3.55. The van der Waals surface area contributed by atoms with Gasteiger partial charge >= 0.3 is 5.97 Å². The molecular weight excluding hydrogens is 357 g/mol. The molecule has 1 atom stereocenters. The number of carboxylic acids is 1. The molecule has 0 saturated heterocycles. The number of carboxylic acid groups (broad SMARTS) is 1. The van der Waals surface area contributed by atoms with Crippen molar-refractivity contribution in [2.75, 3.05) is 12.3 Å². The number of carbonyl (C=O) groups excluding carboxylic acids is 1. The molecule has 0 aromatic heterocycles. The summed E-state index contributed by atoms with van der Waals surface area (Å²) in [7, 11) is 0. The molecule has 1 unspecified atom stereocenters. The quantitative estimate of drug-likeness (QED) is 0.691. The second-order valence-corrected chi connectivity index (χ2v) is 6.78. The highest BCUT2D eigenvalue weighted by Crippen LogP contribution is 2.23. The van der Waals surface area contributed by atoms with E-state index in [0.717, 1.165) is 16.0 Å².